The van der Waals surface area contributed by atoms with Crippen LogP contribution < -0.4 is 0 Å². The first-order valence-electron chi connectivity index (χ1n) is 9.50. The van der Waals surface area contributed by atoms with Gasteiger partial charge in [0.2, 0.25) is 0 Å². The van der Waals surface area contributed by atoms with Crippen molar-refractivity contribution in [3.05, 3.63) is 34.3 Å². The van der Waals surface area contributed by atoms with Gasteiger partial charge in [-0.1, -0.05) is 12.1 Å². The zero-order valence-corrected chi connectivity index (χ0v) is 5.00. The zero-order valence-electron chi connectivity index (χ0n) is 19.0. The minimum Gasteiger partial charge on any atom is -0.0559 e. The Kier molecular flexibility index (Phi) is 0.283. The van der Waals surface area contributed by atoms with Crippen molar-refractivity contribution in [3.63, 3.8) is 0 Å². The summed E-state index contributed by atoms with van der Waals surface area (Å²) in [6.45, 7) is -12.8. The molecule has 0 unspecified atom stereocenters. The molecule has 1 aromatic carbocycles. The predicted molar refractivity (Wildman–Crippen MR) is 45.4 cm³/mol. The van der Waals surface area contributed by atoms with Gasteiger partial charge in [0.05, 0.1) is 2.74 Å². The van der Waals surface area contributed by atoms with Crippen molar-refractivity contribution in [1.29, 1.82) is 0 Å². The molecule has 0 aliphatic carbocycles. The lowest BCUT2D eigenvalue weighted by Gasteiger charge is -2.04. The maximum Gasteiger partial charge on any atom is 0.0629 e. The third kappa shape index (κ3) is 1.21. The molecule has 10 heavy (non-hydrogen) atoms. The van der Waals surface area contributed by atoms with Crippen LogP contribution in [0.1, 0.15) is 41.4 Å². The van der Waals surface area contributed by atoms with Crippen molar-refractivity contribution in [1.82, 2.24) is 0 Å². The number of rotatable bonds is 0. The monoisotopic (exact) mass is 148 g/mol. The zero-order chi connectivity index (χ0) is 19.5. The van der Waals surface area contributed by atoms with E-state index in [4.69, 9.17) is 19.2 Å². The molecule has 0 heterocycles. The van der Waals surface area contributed by atoms with Gasteiger partial charge < -0.3 is 0 Å². The van der Waals surface area contributed by atoms with Crippen LogP contribution in [0.5, 0.6) is 0 Å². The Hall–Kier alpha value is -0.780. The Morgan fingerprint density at radius 3 is 1.40 bits per heavy atom. The fourth-order valence-electron chi connectivity index (χ4n) is 0.500. The summed E-state index contributed by atoms with van der Waals surface area (Å²) in [7, 11) is 0. The Bertz CT molecular complexity index is 528. The summed E-state index contributed by atoms with van der Waals surface area (Å²) < 4.78 is 105. The minimum atomic E-state index is -3.20. The van der Waals surface area contributed by atoms with E-state index in [1.807, 2.05) is 0 Å². The summed E-state index contributed by atoms with van der Waals surface area (Å²) in [5.41, 5.74) is -4.53. The molecule has 54 valence electrons. The number of hydrogen-bond donors (Lipinski definition) is 0. The number of benzene rings is 1. The smallest absolute Gasteiger partial charge is 0.0559 e. The molecule has 0 aromatic heterocycles. The van der Waals surface area contributed by atoms with E-state index in [9.17, 15) is 0 Å². The molecular weight excluding hydrogens is 120 g/mol. The topological polar surface area (TPSA) is 0 Å². The third-order valence-corrected chi connectivity index (χ3v) is 1.00. The fourth-order valence-corrected chi connectivity index (χ4v) is 0.500. The lowest BCUT2D eigenvalue weighted by atomic mass is 10.0. The van der Waals surface area contributed by atoms with Gasteiger partial charge >= 0.3 is 0 Å². The highest BCUT2D eigenvalue weighted by atomic mass is 14.0. The average molecular weight is 148 g/mol. The lowest BCUT2D eigenvalue weighted by molar-refractivity contribution is 1.24. The largest absolute Gasteiger partial charge is 0.0629 e. The quantitative estimate of drug-likeness (QED) is 0.530. The molecule has 0 atom stereocenters. The van der Waals surface area contributed by atoms with Gasteiger partial charge in [0, 0.05) is 16.4 Å². The second-order valence-corrected chi connectivity index (χ2v) is 1.75. The van der Waals surface area contributed by atoms with Crippen LogP contribution in [0, 0.1) is 27.4 Å². The average Bonchev–Trinajstić information content (AvgIpc) is 2.24. The second kappa shape index (κ2) is 2.45. The second-order valence-electron chi connectivity index (χ2n) is 1.75. The van der Waals surface area contributed by atoms with E-state index in [1.165, 1.54) is 0 Å². The maximum atomic E-state index is 7.89. The molecule has 0 radical (unpaired) electrons. The summed E-state index contributed by atoms with van der Waals surface area (Å²) in [4.78, 5) is 0. The minimum absolute atomic E-state index is 1.13. The summed E-state index contributed by atoms with van der Waals surface area (Å²) in [5.74, 6) is 0. The van der Waals surface area contributed by atoms with E-state index >= 15 is 0 Å². The molecule has 0 fully saturated rings. The van der Waals surface area contributed by atoms with E-state index in [0.717, 1.165) is 0 Å². The molecule has 0 aliphatic heterocycles. The van der Waals surface area contributed by atoms with Gasteiger partial charge in [0.25, 0.3) is 0 Å². The van der Waals surface area contributed by atoms with Crippen LogP contribution in [0.15, 0.2) is 12.1 Å². The molecule has 1 aromatic rings. The fraction of sp³-hybridized carbons (Fsp3) is 0.400. The SMILES string of the molecule is [2H]c1c(C([2H])([2H])[2H])c(C([2H])([2H])[2H])c([2H])c(C([2H])([2H])[2H])c1C([2H])([2H])[2H]. The normalized spacial score (nSPS) is 35.6. The molecule has 0 heteroatoms. The van der Waals surface area contributed by atoms with E-state index in [-0.39, 0.29) is 0 Å². The van der Waals surface area contributed by atoms with E-state index < -0.39 is 61.7 Å². The summed E-state index contributed by atoms with van der Waals surface area (Å²) >= 11 is 0. The third-order valence-electron chi connectivity index (χ3n) is 1.00. The molecule has 0 aliphatic rings. The Labute approximate surface area is 82.6 Å². The van der Waals surface area contributed by atoms with Crippen LogP contribution in [0.2, 0.25) is 0 Å². The highest BCUT2D eigenvalue weighted by Crippen LogP contribution is 2.13. The lowest BCUT2D eigenvalue weighted by Crippen LogP contribution is -1.86. The van der Waals surface area contributed by atoms with E-state index in [2.05, 4.69) is 0 Å². The van der Waals surface area contributed by atoms with Gasteiger partial charge in [-0.3, -0.25) is 0 Å². The molecule has 0 N–H and O–H groups in total. The first-order chi connectivity index (χ1) is 10.3. The number of hydrogen-bond acceptors (Lipinski definition) is 0. The van der Waals surface area contributed by atoms with E-state index in [1.54, 1.807) is 0 Å². The Balaban J connectivity index is 4.28. The van der Waals surface area contributed by atoms with Crippen molar-refractivity contribution in [2.75, 3.05) is 0 Å². The van der Waals surface area contributed by atoms with Gasteiger partial charge in [-0.05, 0) is 49.7 Å². The predicted octanol–water partition coefficient (Wildman–Crippen LogP) is 2.92. The van der Waals surface area contributed by atoms with Crippen LogP contribution >= 0.6 is 0 Å². The van der Waals surface area contributed by atoms with Crippen molar-refractivity contribution >= 4 is 0 Å². The van der Waals surface area contributed by atoms with Gasteiger partial charge in [0.15, 0.2) is 0 Å². The van der Waals surface area contributed by atoms with Gasteiger partial charge in [0.1, 0.15) is 0 Å². The van der Waals surface area contributed by atoms with Crippen molar-refractivity contribution in [2.45, 2.75) is 27.4 Å². The van der Waals surface area contributed by atoms with Crippen molar-refractivity contribution in [3.8, 4) is 0 Å². The van der Waals surface area contributed by atoms with Crippen molar-refractivity contribution < 1.29 is 19.2 Å². The van der Waals surface area contributed by atoms with Gasteiger partial charge in [-0.15, -0.1) is 0 Å². The standard InChI is InChI=1S/C10H14/c1-7-5-9(3)10(4)6-8(7)2/h5-6H,1-4H3/i1D3,2D3,3D3,4D3,5D,6D. The van der Waals surface area contributed by atoms with Gasteiger partial charge in [-0.25, -0.2) is 0 Å². The summed E-state index contributed by atoms with van der Waals surface area (Å²) in [6, 6.07) is -2.41. The van der Waals surface area contributed by atoms with Crippen molar-refractivity contribution in [2.24, 2.45) is 0 Å². The van der Waals surface area contributed by atoms with Gasteiger partial charge in [-0.2, -0.15) is 0 Å². The molecule has 0 saturated heterocycles. The molecule has 0 spiro atoms. The van der Waals surface area contributed by atoms with Crippen LogP contribution in [0.4, 0.5) is 0 Å². The van der Waals surface area contributed by atoms with Crippen LogP contribution in [-0.4, -0.2) is 0 Å². The molecular formula is C10H14. The van der Waals surface area contributed by atoms with E-state index in [0.29, 0.717) is 0 Å². The molecule has 0 amide bonds. The highest BCUT2D eigenvalue weighted by molar-refractivity contribution is 5.35. The molecule has 0 nitrogen and oxygen atoms in total. The molecule has 0 saturated carbocycles. The Morgan fingerprint density at radius 2 is 1.20 bits per heavy atom. The van der Waals surface area contributed by atoms with Crippen LogP contribution in [-0.2, 0) is 0 Å². The van der Waals surface area contributed by atoms with Crippen LogP contribution in [0.25, 0.3) is 0 Å². The molecule has 0 bridgehead atoms. The first-order valence-corrected chi connectivity index (χ1v) is 2.50. The maximum absolute atomic E-state index is 7.89. The van der Waals surface area contributed by atoms with Crippen LogP contribution in [0.3, 0.4) is 0 Å². The first kappa shape index (κ1) is 1.16. The Morgan fingerprint density at radius 1 is 0.900 bits per heavy atom. The summed E-state index contributed by atoms with van der Waals surface area (Å²) in [6.07, 6.45) is 0. The molecule has 1 rings (SSSR count). The highest BCUT2D eigenvalue weighted by Gasteiger charge is 1.95. The summed E-state index contributed by atoms with van der Waals surface area (Å²) in [5, 5.41) is 0.